The lowest BCUT2D eigenvalue weighted by Crippen LogP contribution is -3.08. The van der Waals surface area contributed by atoms with Gasteiger partial charge in [0, 0.05) is 32.0 Å². The summed E-state index contributed by atoms with van der Waals surface area (Å²) in [6.07, 6.45) is 2.21. The molecule has 0 aromatic heterocycles. The van der Waals surface area contributed by atoms with Crippen LogP contribution in [-0.2, 0) is 0 Å². The molecule has 4 nitrogen and oxygen atoms in total. The molecule has 4 heteroatoms. The molecule has 0 aromatic carbocycles. The van der Waals surface area contributed by atoms with Gasteiger partial charge < -0.3 is 15.1 Å². The number of hydrogen-bond acceptors (Lipinski definition) is 1. The van der Waals surface area contributed by atoms with Gasteiger partial charge in [0.25, 0.3) is 0 Å². The Morgan fingerprint density at radius 1 is 1.46 bits per heavy atom. The van der Waals surface area contributed by atoms with E-state index in [0.717, 1.165) is 39.0 Å². The summed E-state index contributed by atoms with van der Waals surface area (Å²) in [5, 5.41) is 2.84. The number of rotatable bonds is 1. The molecule has 2 heterocycles. The fourth-order valence-corrected chi connectivity index (χ4v) is 2.16. The van der Waals surface area contributed by atoms with E-state index in [1.54, 1.807) is 0 Å². The molecule has 0 aromatic rings. The van der Waals surface area contributed by atoms with Gasteiger partial charge in [-0.05, 0) is 0 Å². The fourth-order valence-electron chi connectivity index (χ4n) is 2.16. The van der Waals surface area contributed by atoms with E-state index in [9.17, 15) is 4.79 Å². The van der Waals surface area contributed by atoms with Crippen molar-refractivity contribution in [2.24, 2.45) is 0 Å². The molecule has 2 rings (SSSR count). The van der Waals surface area contributed by atoms with Crippen LogP contribution >= 0.6 is 0 Å². The maximum Gasteiger partial charge on any atom is 0.317 e. The minimum absolute atomic E-state index is 0.123. The normalized spacial score (nSPS) is 34.8. The molecule has 2 saturated heterocycles. The molecular formula is C9H17N3O. The second-order valence-corrected chi connectivity index (χ2v) is 3.91. The summed E-state index contributed by atoms with van der Waals surface area (Å²) < 4.78 is 0. The van der Waals surface area contributed by atoms with Crippen molar-refractivity contribution in [2.45, 2.75) is 18.9 Å². The molecule has 2 aliphatic heterocycles. The quantitative estimate of drug-likeness (QED) is 0.495. The van der Waals surface area contributed by atoms with E-state index in [-0.39, 0.29) is 6.03 Å². The molecule has 0 unspecified atom stereocenters. The minimum Gasteiger partial charge on any atom is -0.468 e. The van der Waals surface area contributed by atoms with Gasteiger partial charge in [0.1, 0.15) is 0 Å². The molecule has 2 N–H and O–H groups in total. The van der Waals surface area contributed by atoms with E-state index in [2.05, 4.69) is 12.4 Å². The molecule has 13 heavy (non-hydrogen) atoms. The average Bonchev–Trinajstić information content (AvgIpc) is 2.53. The molecule has 74 valence electrons. The molecule has 2 amide bonds. The number of piperidine rings is 1. The monoisotopic (exact) mass is 183 g/mol. The highest BCUT2D eigenvalue weighted by molar-refractivity contribution is 5.76. The Morgan fingerprint density at radius 2 is 2.15 bits per heavy atom. The van der Waals surface area contributed by atoms with Crippen molar-refractivity contribution in [1.29, 1.82) is 0 Å². The standard InChI is InChI=1S/C9H17N3O/c1-11-5-2-8(3-6-11)12-7-4-10-9(12)13/h8,11H,1-7H2,(H,10,13). The summed E-state index contributed by atoms with van der Waals surface area (Å²) in [7, 11) is 3.98. The Morgan fingerprint density at radius 3 is 2.69 bits per heavy atom. The van der Waals surface area contributed by atoms with Crippen LogP contribution in [0.5, 0.6) is 0 Å². The summed E-state index contributed by atoms with van der Waals surface area (Å²) in [5.41, 5.74) is 0. The number of quaternary nitrogens is 1. The minimum atomic E-state index is 0.123. The van der Waals surface area contributed by atoms with Gasteiger partial charge in [-0.3, -0.25) is 0 Å². The number of urea groups is 1. The lowest BCUT2D eigenvalue weighted by Gasteiger charge is -2.35. The predicted octanol–water partition coefficient (Wildman–Crippen LogP) is -1.15. The lowest BCUT2D eigenvalue weighted by atomic mass is 10.0. The molecule has 0 radical (unpaired) electrons. The maximum absolute atomic E-state index is 11.3. The molecule has 2 fully saturated rings. The largest absolute Gasteiger partial charge is 0.468 e. The van der Waals surface area contributed by atoms with Crippen molar-refractivity contribution in [3.63, 3.8) is 0 Å². The van der Waals surface area contributed by atoms with E-state index < -0.39 is 0 Å². The second kappa shape index (κ2) is 3.54. The number of nitrogens with zero attached hydrogens (tertiary/aromatic N) is 1. The highest BCUT2D eigenvalue weighted by Gasteiger charge is 2.30. The zero-order valence-corrected chi connectivity index (χ0v) is 7.88. The van der Waals surface area contributed by atoms with E-state index >= 15 is 0 Å². The van der Waals surface area contributed by atoms with Crippen LogP contribution in [0.15, 0.2) is 0 Å². The summed E-state index contributed by atoms with van der Waals surface area (Å²) in [6.45, 7) is 3.88. The van der Waals surface area contributed by atoms with E-state index in [4.69, 9.17) is 0 Å². The van der Waals surface area contributed by atoms with Gasteiger partial charge >= 0.3 is 6.03 Å². The Bertz CT molecular complexity index is 199. The van der Waals surface area contributed by atoms with Crippen LogP contribution in [0.1, 0.15) is 12.8 Å². The third-order valence-electron chi connectivity index (χ3n) is 2.99. The first-order chi connectivity index (χ1) is 6.27. The zero-order chi connectivity index (χ0) is 9.26. The van der Waals surface area contributed by atoms with Crippen molar-refractivity contribution in [3.8, 4) is 0 Å². The number of hydrogen-bond donors (Lipinski definition) is 2. The predicted molar refractivity (Wildman–Crippen MR) is 49.2 cm³/mol. The first-order valence-corrected chi connectivity index (χ1v) is 4.98. The number of carbonyl (C=O) groups is 1. The Hall–Kier alpha value is -0.770. The van der Waals surface area contributed by atoms with Gasteiger partial charge in [-0.2, -0.15) is 7.05 Å². The fraction of sp³-hybridized carbons (Fsp3) is 0.778. The number of amides is 2. The number of likely N-dealkylation sites (tertiary alicyclic amines) is 1. The van der Waals surface area contributed by atoms with Crippen LogP contribution in [0.2, 0.25) is 0 Å². The van der Waals surface area contributed by atoms with Gasteiger partial charge in [0.15, 0.2) is 0 Å². The number of carbonyl (C=O) groups excluding carboxylic acids is 1. The van der Waals surface area contributed by atoms with Crippen molar-refractivity contribution in [3.05, 3.63) is 7.05 Å². The average molecular weight is 183 g/mol. The van der Waals surface area contributed by atoms with Gasteiger partial charge in [-0.25, -0.2) is 4.79 Å². The smallest absolute Gasteiger partial charge is 0.317 e. The Labute approximate surface area is 78.9 Å². The zero-order valence-electron chi connectivity index (χ0n) is 7.88. The SMILES string of the molecule is [CH2-][NH+]1CCC(N2CCNC2=O)CC1. The summed E-state index contributed by atoms with van der Waals surface area (Å²) in [5.74, 6) is 0. The third kappa shape index (κ3) is 1.77. The first kappa shape index (κ1) is 8.81. The van der Waals surface area contributed by atoms with Crippen LogP contribution in [0.25, 0.3) is 0 Å². The number of nitrogens with one attached hydrogen (secondary N) is 2. The van der Waals surface area contributed by atoms with Gasteiger partial charge in [0.05, 0.1) is 13.1 Å². The lowest BCUT2D eigenvalue weighted by molar-refractivity contribution is -0.859. The topological polar surface area (TPSA) is 36.8 Å². The van der Waals surface area contributed by atoms with Crippen molar-refractivity contribution in [1.82, 2.24) is 10.2 Å². The third-order valence-corrected chi connectivity index (χ3v) is 2.99. The van der Waals surface area contributed by atoms with E-state index in [0.29, 0.717) is 6.04 Å². The molecule has 0 bridgehead atoms. The van der Waals surface area contributed by atoms with Crippen molar-refractivity contribution in [2.75, 3.05) is 26.2 Å². The summed E-state index contributed by atoms with van der Waals surface area (Å²) >= 11 is 0. The van der Waals surface area contributed by atoms with Gasteiger partial charge in [-0.15, -0.1) is 0 Å². The molecule has 0 saturated carbocycles. The first-order valence-electron chi connectivity index (χ1n) is 4.98. The summed E-state index contributed by atoms with van der Waals surface area (Å²) in [6, 6.07) is 0.588. The Balaban J connectivity index is 1.90. The highest BCUT2D eigenvalue weighted by Crippen LogP contribution is 2.12. The molecular weight excluding hydrogens is 166 g/mol. The van der Waals surface area contributed by atoms with Crippen molar-refractivity contribution < 1.29 is 9.69 Å². The molecule has 0 atom stereocenters. The summed E-state index contributed by atoms with van der Waals surface area (Å²) in [4.78, 5) is 14.7. The van der Waals surface area contributed by atoms with E-state index in [1.807, 2.05) is 4.90 Å². The Kier molecular flexibility index (Phi) is 2.40. The molecule has 0 spiro atoms. The second-order valence-electron chi connectivity index (χ2n) is 3.91. The van der Waals surface area contributed by atoms with Gasteiger partial charge in [0.2, 0.25) is 0 Å². The maximum atomic E-state index is 11.3. The highest BCUT2D eigenvalue weighted by atomic mass is 16.2. The van der Waals surface area contributed by atoms with Crippen LogP contribution in [0.3, 0.4) is 0 Å². The van der Waals surface area contributed by atoms with Crippen LogP contribution in [0, 0.1) is 7.05 Å². The molecule has 0 aliphatic carbocycles. The van der Waals surface area contributed by atoms with Gasteiger partial charge in [-0.1, -0.05) is 0 Å². The molecule has 2 aliphatic rings. The van der Waals surface area contributed by atoms with Crippen LogP contribution in [0.4, 0.5) is 4.79 Å². The van der Waals surface area contributed by atoms with Crippen molar-refractivity contribution >= 4 is 6.03 Å². The van der Waals surface area contributed by atoms with Crippen LogP contribution in [-0.4, -0.2) is 43.2 Å². The van der Waals surface area contributed by atoms with E-state index in [1.165, 1.54) is 4.90 Å². The van der Waals surface area contributed by atoms with Crippen LogP contribution < -0.4 is 10.2 Å².